The molecule has 96 valence electrons. The summed E-state index contributed by atoms with van der Waals surface area (Å²) in [6.45, 7) is 1.19. The van der Waals surface area contributed by atoms with E-state index in [1.54, 1.807) is 6.07 Å². The van der Waals surface area contributed by atoms with Crippen LogP contribution in [0.4, 0.5) is 0 Å². The highest BCUT2D eigenvalue weighted by molar-refractivity contribution is 7.80. The van der Waals surface area contributed by atoms with Gasteiger partial charge in [-0.15, -0.1) is 0 Å². The number of imide groups is 1. The van der Waals surface area contributed by atoms with Crippen LogP contribution in [0.1, 0.15) is 15.9 Å². The van der Waals surface area contributed by atoms with Crippen LogP contribution in [0.25, 0.3) is 0 Å². The third-order valence-electron chi connectivity index (χ3n) is 2.83. The lowest BCUT2D eigenvalue weighted by atomic mass is 9.99. The van der Waals surface area contributed by atoms with Gasteiger partial charge in [0.05, 0.1) is 26.2 Å². The number of rotatable bonds is 5. The summed E-state index contributed by atoms with van der Waals surface area (Å²) in [6.07, 6.45) is 0.286. The van der Waals surface area contributed by atoms with E-state index in [1.165, 1.54) is 4.90 Å². The number of carbonyl (C=O) groups excluding carboxylic acids is 2. The fraction of sp³-hybridized carbons (Fsp3) is 0.385. The Kier molecular flexibility index (Phi) is 4.38. The van der Waals surface area contributed by atoms with Crippen molar-refractivity contribution in [2.75, 3.05) is 25.5 Å². The highest BCUT2D eigenvalue weighted by Crippen LogP contribution is 2.19. The van der Waals surface area contributed by atoms with Crippen molar-refractivity contribution in [3.05, 3.63) is 35.4 Å². The van der Waals surface area contributed by atoms with E-state index in [1.807, 2.05) is 18.2 Å². The molecular formula is C13H15NO3S. The maximum Gasteiger partial charge on any atom is 0.260 e. The molecule has 1 aliphatic rings. The molecule has 0 bridgehead atoms. The minimum Gasteiger partial charge on any atom is -0.379 e. The van der Waals surface area contributed by atoms with Crippen molar-refractivity contribution in [3.63, 3.8) is 0 Å². The first-order valence-corrected chi connectivity index (χ1v) is 6.48. The van der Waals surface area contributed by atoms with Crippen LogP contribution in [-0.4, -0.2) is 42.2 Å². The molecule has 0 radical (unpaired) electrons. The fourth-order valence-electron chi connectivity index (χ4n) is 1.95. The Labute approximate surface area is 111 Å². The van der Waals surface area contributed by atoms with E-state index in [9.17, 15) is 9.59 Å². The van der Waals surface area contributed by atoms with Crippen LogP contribution in [-0.2, 0) is 16.0 Å². The zero-order valence-corrected chi connectivity index (χ0v) is 10.9. The first-order valence-electron chi connectivity index (χ1n) is 5.85. The molecule has 0 saturated heterocycles. The number of hydrogen-bond donors (Lipinski definition) is 1. The number of carbonyl (C=O) groups is 2. The van der Waals surface area contributed by atoms with E-state index in [-0.39, 0.29) is 18.2 Å². The number of hydrogen-bond acceptors (Lipinski definition) is 4. The molecule has 0 atom stereocenters. The Morgan fingerprint density at radius 2 is 2.00 bits per heavy atom. The van der Waals surface area contributed by atoms with Crippen LogP contribution in [0.3, 0.4) is 0 Å². The minimum atomic E-state index is -0.226. The summed E-state index contributed by atoms with van der Waals surface area (Å²) in [6, 6.07) is 7.22. The molecule has 4 nitrogen and oxygen atoms in total. The lowest BCUT2D eigenvalue weighted by molar-refractivity contribution is -0.129. The fourth-order valence-corrected chi connectivity index (χ4v) is 2.08. The minimum absolute atomic E-state index is 0.159. The van der Waals surface area contributed by atoms with Gasteiger partial charge < -0.3 is 4.74 Å². The third-order valence-corrected chi connectivity index (χ3v) is 3.01. The highest BCUT2D eigenvalue weighted by Gasteiger charge is 2.29. The molecule has 0 spiro atoms. The molecular weight excluding hydrogens is 250 g/mol. The van der Waals surface area contributed by atoms with Gasteiger partial charge in [-0.3, -0.25) is 14.5 Å². The summed E-state index contributed by atoms with van der Waals surface area (Å²) in [5.74, 6) is 0.245. The Morgan fingerprint density at radius 1 is 1.22 bits per heavy atom. The predicted octanol–water partition coefficient (Wildman–Crippen LogP) is 1.16. The zero-order valence-electron chi connectivity index (χ0n) is 9.96. The Morgan fingerprint density at radius 3 is 2.78 bits per heavy atom. The molecule has 1 aromatic rings. The van der Waals surface area contributed by atoms with Gasteiger partial charge in [0.25, 0.3) is 5.91 Å². The smallest absolute Gasteiger partial charge is 0.260 e. The maximum atomic E-state index is 12.1. The third kappa shape index (κ3) is 2.73. The van der Waals surface area contributed by atoms with Gasteiger partial charge in [0.1, 0.15) is 0 Å². The number of benzene rings is 1. The van der Waals surface area contributed by atoms with Crippen molar-refractivity contribution in [2.45, 2.75) is 6.42 Å². The molecule has 0 aromatic heterocycles. The van der Waals surface area contributed by atoms with Gasteiger partial charge in [-0.25, -0.2) is 0 Å². The Balaban J connectivity index is 2.05. The van der Waals surface area contributed by atoms with Crippen LogP contribution < -0.4 is 0 Å². The van der Waals surface area contributed by atoms with Crippen LogP contribution >= 0.6 is 12.6 Å². The van der Waals surface area contributed by atoms with Crippen LogP contribution in [0.15, 0.2) is 24.3 Å². The molecule has 0 unspecified atom stereocenters. The number of ether oxygens (including phenoxy) is 1. The number of amides is 2. The monoisotopic (exact) mass is 265 g/mol. The van der Waals surface area contributed by atoms with Crippen molar-refractivity contribution in [2.24, 2.45) is 0 Å². The van der Waals surface area contributed by atoms with E-state index in [4.69, 9.17) is 4.74 Å². The summed E-state index contributed by atoms with van der Waals surface area (Å²) >= 11 is 4.02. The van der Waals surface area contributed by atoms with Crippen molar-refractivity contribution in [1.29, 1.82) is 0 Å². The molecule has 18 heavy (non-hydrogen) atoms. The second-order valence-corrected chi connectivity index (χ2v) is 4.47. The lowest BCUT2D eigenvalue weighted by Gasteiger charge is -2.26. The van der Waals surface area contributed by atoms with Crippen LogP contribution in [0.2, 0.25) is 0 Å². The predicted molar refractivity (Wildman–Crippen MR) is 70.9 cm³/mol. The highest BCUT2D eigenvalue weighted by atomic mass is 32.1. The summed E-state index contributed by atoms with van der Waals surface area (Å²) in [5, 5.41) is 0. The first kappa shape index (κ1) is 13.1. The quantitative estimate of drug-likeness (QED) is 0.494. The summed E-state index contributed by atoms with van der Waals surface area (Å²) in [5.41, 5.74) is 1.42. The van der Waals surface area contributed by atoms with Crippen LogP contribution in [0.5, 0.6) is 0 Å². The maximum absolute atomic E-state index is 12.1. The van der Waals surface area contributed by atoms with Crippen molar-refractivity contribution >= 4 is 24.4 Å². The first-order chi connectivity index (χ1) is 8.74. The summed E-state index contributed by atoms with van der Waals surface area (Å²) < 4.78 is 5.25. The molecule has 2 rings (SSSR count). The number of fused-ring (bicyclic) bond motifs is 1. The van der Waals surface area contributed by atoms with E-state index in [0.717, 1.165) is 5.56 Å². The molecule has 2 amide bonds. The molecule has 1 heterocycles. The second-order valence-electron chi connectivity index (χ2n) is 4.02. The SMILES string of the molecule is O=C1Cc2ccccc2C(=O)N1CCOCCS. The second kappa shape index (κ2) is 6.02. The van der Waals surface area contributed by atoms with Crippen LogP contribution in [0, 0.1) is 0 Å². The van der Waals surface area contributed by atoms with Gasteiger partial charge in [0.2, 0.25) is 5.91 Å². The van der Waals surface area contributed by atoms with E-state index >= 15 is 0 Å². The zero-order chi connectivity index (χ0) is 13.0. The topological polar surface area (TPSA) is 46.6 Å². The summed E-state index contributed by atoms with van der Waals surface area (Å²) in [7, 11) is 0. The van der Waals surface area contributed by atoms with Crippen molar-refractivity contribution in [1.82, 2.24) is 4.90 Å². The van der Waals surface area contributed by atoms with Gasteiger partial charge in [-0.05, 0) is 11.6 Å². The van der Waals surface area contributed by atoms with Gasteiger partial charge >= 0.3 is 0 Å². The van der Waals surface area contributed by atoms with Gasteiger partial charge in [-0.2, -0.15) is 12.6 Å². The van der Waals surface area contributed by atoms with E-state index in [0.29, 0.717) is 31.1 Å². The average molecular weight is 265 g/mol. The standard InChI is InChI=1S/C13H15NO3S/c15-12-9-10-3-1-2-4-11(10)13(16)14(12)5-6-17-7-8-18/h1-4,18H,5-9H2. The van der Waals surface area contributed by atoms with E-state index in [2.05, 4.69) is 12.6 Å². The molecule has 1 aromatic carbocycles. The normalized spacial score (nSPS) is 14.8. The lowest BCUT2D eigenvalue weighted by Crippen LogP contribution is -2.44. The Hall–Kier alpha value is -1.33. The molecule has 0 N–H and O–H groups in total. The van der Waals surface area contributed by atoms with Gasteiger partial charge in [0, 0.05) is 11.3 Å². The largest absolute Gasteiger partial charge is 0.379 e. The number of nitrogens with zero attached hydrogens (tertiary/aromatic N) is 1. The Bertz CT molecular complexity index is 461. The molecule has 0 saturated carbocycles. The van der Waals surface area contributed by atoms with Gasteiger partial charge in [0.15, 0.2) is 0 Å². The molecule has 0 fully saturated rings. The summed E-state index contributed by atoms with van der Waals surface area (Å²) in [4.78, 5) is 25.3. The molecule has 5 heteroatoms. The van der Waals surface area contributed by atoms with E-state index < -0.39 is 0 Å². The molecule has 1 aliphatic heterocycles. The molecule has 0 aliphatic carbocycles. The average Bonchev–Trinajstić information content (AvgIpc) is 2.38. The number of thiol groups is 1. The van der Waals surface area contributed by atoms with Crippen molar-refractivity contribution < 1.29 is 14.3 Å². The van der Waals surface area contributed by atoms with Gasteiger partial charge in [-0.1, -0.05) is 18.2 Å². The van der Waals surface area contributed by atoms with Crippen molar-refractivity contribution in [3.8, 4) is 0 Å².